The van der Waals surface area contributed by atoms with Gasteiger partial charge in [0.1, 0.15) is 18.0 Å². The normalized spacial score (nSPS) is 10.3. The van der Waals surface area contributed by atoms with Crippen LogP contribution in [-0.4, -0.2) is 22.0 Å². The van der Waals surface area contributed by atoms with Crippen molar-refractivity contribution in [2.24, 2.45) is 0 Å². The van der Waals surface area contributed by atoms with Gasteiger partial charge in [0.15, 0.2) is 0 Å². The highest BCUT2D eigenvalue weighted by Crippen LogP contribution is 2.18. The summed E-state index contributed by atoms with van der Waals surface area (Å²) < 4.78 is 0. The van der Waals surface area contributed by atoms with E-state index in [1.54, 1.807) is 17.7 Å². The highest BCUT2D eigenvalue weighted by Gasteiger charge is 2.05. The van der Waals surface area contributed by atoms with E-state index in [0.717, 1.165) is 27.9 Å². The molecule has 2 aromatic heterocycles. The molecule has 0 saturated carbocycles. The van der Waals surface area contributed by atoms with Crippen LogP contribution in [0.4, 0.5) is 11.6 Å². The van der Waals surface area contributed by atoms with Gasteiger partial charge >= 0.3 is 0 Å². The van der Waals surface area contributed by atoms with Crippen LogP contribution in [-0.2, 0) is 6.54 Å². The third kappa shape index (κ3) is 2.71. The van der Waals surface area contributed by atoms with Gasteiger partial charge < -0.3 is 10.6 Å². The first-order valence-corrected chi connectivity index (χ1v) is 6.23. The van der Waals surface area contributed by atoms with Crippen LogP contribution in [0, 0.1) is 13.8 Å². The highest BCUT2D eigenvalue weighted by molar-refractivity contribution is 7.09. The maximum Gasteiger partial charge on any atom is 0.134 e. The Labute approximate surface area is 104 Å². The number of nitrogens with one attached hydrogen (secondary N) is 2. The Morgan fingerprint density at radius 2 is 2.00 bits per heavy atom. The lowest BCUT2D eigenvalue weighted by Gasteiger charge is -2.09. The number of hydrogen-bond acceptors (Lipinski definition) is 6. The zero-order valence-electron chi connectivity index (χ0n) is 10.1. The van der Waals surface area contributed by atoms with Crippen molar-refractivity contribution < 1.29 is 0 Å². The van der Waals surface area contributed by atoms with Crippen LogP contribution in [0.2, 0.25) is 0 Å². The monoisotopic (exact) mass is 249 g/mol. The summed E-state index contributed by atoms with van der Waals surface area (Å²) in [6, 6.07) is 0. The molecule has 0 radical (unpaired) electrons. The van der Waals surface area contributed by atoms with Crippen molar-refractivity contribution in [2.75, 3.05) is 17.7 Å². The fourth-order valence-electron chi connectivity index (χ4n) is 1.54. The SMILES string of the molecule is CNc1ncnc(NCc2csc(C)n2)c1C. The van der Waals surface area contributed by atoms with E-state index in [0.29, 0.717) is 6.54 Å². The fourth-order valence-corrected chi connectivity index (χ4v) is 2.16. The van der Waals surface area contributed by atoms with Crippen molar-refractivity contribution in [3.63, 3.8) is 0 Å². The second kappa shape index (κ2) is 5.09. The van der Waals surface area contributed by atoms with Crippen molar-refractivity contribution in [1.82, 2.24) is 15.0 Å². The van der Waals surface area contributed by atoms with Crippen LogP contribution in [0.25, 0.3) is 0 Å². The minimum absolute atomic E-state index is 0.686. The van der Waals surface area contributed by atoms with Gasteiger partial charge in [-0.25, -0.2) is 15.0 Å². The number of anilines is 2. The molecule has 0 spiro atoms. The molecule has 0 bridgehead atoms. The zero-order valence-corrected chi connectivity index (χ0v) is 10.9. The average Bonchev–Trinajstić information content (AvgIpc) is 2.74. The van der Waals surface area contributed by atoms with Gasteiger partial charge in [-0.2, -0.15) is 0 Å². The van der Waals surface area contributed by atoms with Crippen molar-refractivity contribution in [3.05, 3.63) is 28.0 Å². The number of aromatic nitrogens is 3. The van der Waals surface area contributed by atoms with Gasteiger partial charge in [-0.05, 0) is 13.8 Å². The van der Waals surface area contributed by atoms with Gasteiger partial charge in [-0.1, -0.05) is 0 Å². The minimum atomic E-state index is 0.686. The summed E-state index contributed by atoms with van der Waals surface area (Å²) in [7, 11) is 1.85. The van der Waals surface area contributed by atoms with Crippen molar-refractivity contribution in [3.8, 4) is 0 Å². The van der Waals surface area contributed by atoms with Gasteiger partial charge in [0.05, 0.1) is 17.2 Å². The first-order valence-electron chi connectivity index (χ1n) is 5.35. The fraction of sp³-hybridized carbons (Fsp3) is 0.364. The molecule has 2 rings (SSSR count). The Kier molecular flexibility index (Phi) is 3.53. The smallest absolute Gasteiger partial charge is 0.134 e. The lowest BCUT2D eigenvalue weighted by Crippen LogP contribution is -2.06. The van der Waals surface area contributed by atoms with Gasteiger partial charge in [-0.3, -0.25) is 0 Å². The first kappa shape index (κ1) is 11.8. The molecule has 0 amide bonds. The molecule has 90 valence electrons. The van der Waals surface area contributed by atoms with E-state index >= 15 is 0 Å². The second-order valence-corrected chi connectivity index (χ2v) is 4.72. The molecule has 0 aromatic carbocycles. The van der Waals surface area contributed by atoms with E-state index in [9.17, 15) is 0 Å². The predicted molar refractivity (Wildman–Crippen MR) is 70.5 cm³/mol. The van der Waals surface area contributed by atoms with E-state index in [4.69, 9.17) is 0 Å². The molecule has 6 heteroatoms. The van der Waals surface area contributed by atoms with E-state index < -0.39 is 0 Å². The molecule has 0 aliphatic rings. The molecular weight excluding hydrogens is 234 g/mol. The van der Waals surface area contributed by atoms with Gasteiger partial charge in [0.25, 0.3) is 0 Å². The number of thiazole rings is 1. The lowest BCUT2D eigenvalue weighted by atomic mass is 10.3. The number of nitrogens with zero attached hydrogens (tertiary/aromatic N) is 3. The molecule has 0 unspecified atom stereocenters. The van der Waals surface area contributed by atoms with Crippen LogP contribution in [0.5, 0.6) is 0 Å². The number of aryl methyl sites for hydroxylation is 1. The highest BCUT2D eigenvalue weighted by atomic mass is 32.1. The van der Waals surface area contributed by atoms with Crippen molar-refractivity contribution in [1.29, 1.82) is 0 Å². The van der Waals surface area contributed by atoms with Gasteiger partial charge in [0, 0.05) is 18.0 Å². The quantitative estimate of drug-likeness (QED) is 0.869. The summed E-state index contributed by atoms with van der Waals surface area (Å²) in [5.74, 6) is 1.69. The van der Waals surface area contributed by atoms with Crippen molar-refractivity contribution >= 4 is 23.0 Å². The third-order valence-electron chi connectivity index (χ3n) is 2.42. The summed E-state index contributed by atoms with van der Waals surface area (Å²) in [5.41, 5.74) is 2.05. The standard InChI is InChI=1S/C11H15N5S/c1-7-10(12-3)14-6-15-11(7)13-4-9-5-17-8(2)16-9/h5-6H,4H2,1-3H3,(H2,12,13,14,15). The topological polar surface area (TPSA) is 62.7 Å². The Morgan fingerprint density at radius 3 is 2.65 bits per heavy atom. The summed E-state index contributed by atoms with van der Waals surface area (Å²) in [6.07, 6.45) is 1.55. The minimum Gasteiger partial charge on any atom is -0.373 e. The van der Waals surface area contributed by atoms with Gasteiger partial charge in [-0.15, -0.1) is 11.3 Å². The molecular formula is C11H15N5S. The predicted octanol–water partition coefficient (Wildman–Crippen LogP) is 2.20. The molecule has 5 nitrogen and oxygen atoms in total. The van der Waals surface area contributed by atoms with Crippen LogP contribution in [0.1, 0.15) is 16.3 Å². The zero-order chi connectivity index (χ0) is 12.3. The molecule has 2 N–H and O–H groups in total. The van der Waals surface area contributed by atoms with Gasteiger partial charge in [0.2, 0.25) is 0 Å². The van der Waals surface area contributed by atoms with Crippen LogP contribution in [0.15, 0.2) is 11.7 Å². The molecule has 2 heterocycles. The van der Waals surface area contributed by atoms with E-state index in [1.165, 1.54) is 0 Å². The lowest BCUT2D eigenvalue weighted by molar-refractivity contribution is 1.02. The Morgan fingerprint density at radius 1 is 1.24 bits per heavy atom. The molecule has 17 heavy (non-hydrogen) atoms. The summed E-state index contributed by atoms with van der Waals surface area (Å²) in [5, 5.41) is 9.44. The third-order valence-corrected chi connectivity index (χ3v) is 3.25. The number of rotatable bonds is 4. The molecule has 2 aromatic rings. The number of hydrogen-bond donors (Lipinski definition) is 2. The summed E-state index contributed by atoms with van der Waals surface area (Å²) in [6.45, 7) is 4.68. The summed E-state index contributed by atoms with van der Waals surface area (Å²) in [4.78, 5) is 12.8. The average molecular weight is 249 g/mol. The maximum absolute atomic E-state index is 4.39. The Hall–Kier alpha value is -1.69. The summed E-state index contributed by atoms with van der Waals surface area (Å²) >= 11 is 1.66. The first-order chi connectivity index (χ1) is 8.20. The Bertz CT molecular complexity index is 508. The van der Waals surface area contributed by atoms with Crippen LogP contribution in [0.3, 0.4) is 0 Å². The van der Waals surface area contributed by atoms with E-state index in [2.05, 4.69) is 31.0 Å². The molecule has 0 fully saturated rings. The largest absolute Gasteiger partial charge is 0.373 e. The molecule has 0 aliphatic carbocycles. The molecule has 0 saturated heterocycles. The van der Waals surface area contributed by atoms with E-state index in [-0.39, 0.29) is 0 Å². The van der Waals surface area contributed by atoms with Crippen LogP contribution >= 0.6 is 11.3 Å². The maximum atomic E-state index is 4.39. The second-order valence-electron chi connectivity index (χ2n) is 3.66. The molecule has 0 aliphatic heterocycles. The van der Waals surface area contributed by atoms with Crippen LogP contribution < -0.4 is 10.6 Å². The molecule has 0 atom stereocenters. The van der Waals surface area contributed by atoms with E-state index in [1.807, 2.05) is 20.9 Å². The van der Waals surface area contributed by atoms with Crippen molar-refractivity contribution in [2.45, 2.75) is 20.4 Å². The Balaban J connectivity index is 2.09.